The normalized spacial score (nSPS) is 17.1. The number of methoxy groups -OCH3 is 1. The minimum absolute atomic E-state index is 0.315. The molecule has 1 aliphatic heterocycles. The Kier molecular flexibility index (Phi) is 11.0. The van der Waals surface area contributed by atoms with Gasteiger partial charge >= 0.3 is 0 Å². The third-order valence-electron chi connectivity index (χ3n) is 3.88. The lowest BCUT2D eigenvalue weighted by Crippen LogP contribution is -2.47. The molecule has 25 heavy (non-hydrogen) atoms. The van der Waals surface area contributed by atoms with E-state index in [4.69, 9.17) is 9.47 Å². The first-order valence-corrected chi connectivity index (χ1v) is 10.9. The first-order chi connectivity index (χ1) is 12.0. The first-order valence-electron chi connectivity index (χ1n) is 9.04. The fraction of sp³-hybridized carbons (Fsp3) is 0.938. The van der Waals surface area contributed by atoms with Crippen LogP contribution in [0.2, 0.25) is 0 Å². The number of likely N-dealkylation sites (tertiary alicyclic amines) is 1. The van der Waals surface area contributed by atoms with Crippen molar-refractivity contribution < 1.29 is 17.9 Å². The zero-order valence-corrected chi connectivity index (χ0v) is 16.6. The lowest BCUT2D eigenvalue weighted by molar-refractivity contribution is 0.00991. The molecular formula is C16H34N4O4S. The van der Waals surface area contributed by atoms with Gasteiger partial charge in [0.15, 0.2) is 5.96 Å². The van der Waals surface area contributed by atoms with E-state index in [2.05, 4.69) is 19.9 Å². The van der Waals surface area contributed by atoms with Gasteiger partial charge in [-0.05, 0) is 32.6 Å². The monoisotopic (exact) mass is 378 g/mol. The second-order valence-electron chi connectivity index (χ2n) is 6.16. The van der Waals surface area contributed by atoms with E-state index in [1.165, 1.54) is 6.26 Å². The Balaban J connectivity index is 2.32. The van der Waals surface area contributed by atoms with Crippen LogP contribution < -0.4 is 10.0 Å². The second-order valence-corrected chi connectivity index (χ2v) is 7.99. The first kappa shape index (κ1) is 22.1. The maximum atomic E-state index is 11.0. The van der Waals surface area contributed by atoms with Gasteiger partial charge in [0.05, 0.1) is 12.4 Å². The van der Waals surface area contributed by atoms with Gasteiger partial charge in [0, 0.05) is 53.0 Å². The van der Waals surface area contributed by atoms with Crippen LogP contribution >= 0.6 is 0 Å². The standard InChI is InChI=1S/C16H34N4O4S/c1-4-17-16(18-9-5-10-19-25(3,21)22)20-11-7-15(8-12-20)24-14-6-13-23-2/h15,19H,4-14H2,1-3H3,(H,17,18). The Morgan fingerprint density at radius 1 is 1.24 bits per heavy atom. The number of nitrogens with one attached hydrogen (secondary N) is 2. The van der Waals surface area contributed by atoms with Crippen molar-refractivity contribution in [2.75, 3.05) is 59.3 Å². The number of nitrogens with zero attached hydrogens (tertiary/aromatic N) is 2. The summed E-state index contributed by atoms with van der Waals surface area (Å²) >= 11 is 0. The van der Waals surface area contributed by atoms with Gasteiger partial charge in [0.2, 0.25) is 10.0 Å². The predicted molar refractivity (Wildman–Crippen MR) is 100 cm³/mol. The number of rotatable bonds is 11. The number of ether oxygens (including phenoxy) is 2. The highest BCUT2D eigenvalue weighted by atomic mass is 32.2. The van der Waals surface area contributed by atoms with Crippen LogP contribution in [-0.4, -0.2) is 84.7 Å². The smallest absolute Gasteiger partial charge is 0.208 e. The summed E-state index contributed by atoms with van der Waals surface area (Å²) in [6, 6.07) is 0. The average molecular weight is 379 g/mol. The third-order valence-corrected chi connectivity index (χ3v) is 4.61. The average Bonchev–Trinajstić information content (AvgIpc) is 2.57. The Bertz CT molecular complexity index is 477. The zero-order chi connectivity index (χ0) is 18.5. The third kappa shape index (κ3) is 10.6. The molecule has 0 aromatic rings. The Morgan fingerprint density at radius 3 is 2.56 bits per heavy atom. The lowest BCUT2D eigenvalue weighted by Gasteiger charge is -2.34. The summed E-state index contributed by atoms with van der Waals surface area (Å²) in [7, 11) is -1.41. The van der Waals surface area contributed by atoms with E-state index >= 15 is 0 Å². The molecule has 2 N–H and O–H groups in total. The molecule has 0 bridgehead atoms. The van der Waals surface area contributed by atoms with Gasteiger partial charge < -0.3 is 19.7 Å². The van der Waals surface area contributed by atoms with Crippen molar-refractivity contribution in [3.63, 3.8) is 0 Å². The molecule has 0 saturated carbocycles. The Labute approximate surface area is 152 Å². The minimum atomic E-state index is -3.12. The maximum Gasteiger partial charge on any atom is 0.208 e. The molecule has 1 fully saturated rings. The summed E-state index contributed by atoms with van der Waals surface area (Å²) in [5.74, 6) is 0.902. The van der Waals surface area contributed by atoms with Crippen molar-refractivity contribution >= 4 is 16.0 Å². The van der Waals surface area contributed by atoms with Crippen LogP contribution in [0.5, 0.6) is 0 Å². The van der Waals surface area contributed by atoms with Crippen LogP contribution in [0.1, 0.15) is 32.6 Å². The fourth-order valence-corrected chi connectivity index (χ4v) is 3.15. The van der Waals surface area contributed by atoms with Gasteiger partial charge in [-0.1, -0.05) is 0 Å². The van der Waals surface area contributed by atoms with Crippen molar-refractivity contribution in [2.24, 2.45) is 4.99 Å². The van der Waals surface area contributed by atoms with Crippen molar-refractivity contribution in [1.29, 1.82) is 0 Å². The molecule has 148 valence electrons. The number of guanidine groups is 1. The minimum Gasteiger partial charge on any atom is -0.385 e. The molecule has 0 spiro atoms. The predicted octanol–water partition coefficient (Wildman–Crippen LogP) is 0.409. The van der Waals surface area contributed by atoms with Gasteiger partial charge in [-0.15, -0.1) is 0 Å². The number of hydrogen-bond donors (Lipinski definition) is 2. The molecule has 1 aliphatic rings. The molecule has 0 aromatic carbocycles. The fourth-order valence-electron chi connectivity index (χ4n) is 2.63. The quantitative estimate of drug-likeness (QED) is 0.307. The van der Waals surface area contributed by atoms with Crippen LogP contribution in [0.4, 0.5) is 0 Å². The van der Waals surface area contributed by atoms with Crippen LogP contribution in [0.3, 0.4) is 0 Å². The van der Waals surface area contributed by atoms with Crippen LogP contribution in [0.25, 0.3) is 0 Å². The highest BCUT2D eigenvalue weighted by molar-refractivity contribution is 7.88. The van der Waals surface area contributed by atoms with E-state index in [0.29, 0.717) is 25.6 Å². The summed E-state index contributed by atoms with van der Waals surface area (Å²) in [5.41, 5.74) is 0. The second kappa shape index (κ2) is 12.5. The summed E-state index contributed by atoms with van der Waals surface area (Å²) in [4.78, 5) is 6.86. The molecule has 0 unspecified atom stereocenters. The van der Waals surface area contributed by atoms with Crippen LogP contribution in [0.15, 0.2) is 4.99 Å². The summed E-state index contributed by atoms with van der Waals surface area (Å²) in [5, 5.41) is 3.31. The highest BCUT2D eigenvalue weighted by Crippen LogP contribution is 2.14. The zero-order valence-electron chi connectivity index (χ0n) is 15.8. The summed E-state index contributed by atoms with van der Waals surface area (Å²) < 4.78 is 35.5. The van der Waals surface area contributed by atoms with Crippen molar-refractivity contribution in [3.8, 4) is 0 Å². The molecule has 1 heterocycles. The van der Waals surface area contributed by atoms with E-state index in [1.807, 2.05) is 6.92 Å². The lowest BCUT2D eigenvalue weighted by atomic mass is 10.1. The molecule has 0 atom stereocenters. The van der Waals surface area contributed by atoms with Crippen molar-refractivity contribution in [2.45, 2.75) is 38.7 Å². The van der Waals surface area contributed by atoms with Crippen molar-refractivity contribution in [3.05, 3.63) is 0 Å². The van der Waals surface area contributed by atoms with E-state index in [9.17, 15) is 8.42 Å². The van der Waals surface area contributed by atoms with Gasteiger partial charge in [-0.2, -0.15) is 0 Å². The SMILES string of the molecule is CCNC(=NCCCNS(C)(=O)=O)N1CCC(OCCCOC)CC1. The molecule has 8 nitrogen and oxygen atoms in total. The van der Waals surface area contributed by atoms with Gasteiger partial charge in [-0.3, -0.25) is 4.99 Å². The number of sulfonamides is 1. The Morgan fingerprint density at radius 2 is 1.96 bits per heavy atom. The molecule has 9 heteroatoms. The summed E-state index contributed by atoms with van der Waals surface area (Å²) in [6.45, 7) is 7.20. The Hall–Kier alpha value is -0.900. The molecule has 1 rings (SSSR count). The van der Waals surface area contributed by atoms with Crippen molar-refractivity contribution in [1.82, 2.24) is 14.9 Å². The van der Waals surface area contributed by atoms with E-state index in [0.717, 1.165) is 58.1 Å². The number of aliphatic imine (C=N–C) groups is 1. The number of piperidine rings is 1. The van der Waals surface area contributed by atoms with E-state index in [-0.39, 0.29) is 0 Å². The molecule has 0 aliphatic carbocycles. The maximum absolute atomic E-state index is 11.0. The largest absolute Gasteiger partial charge is 0.385 e. The van der Waals surface area contributed by atoms with Gasteiger partial charge in [0.25, 0.3) is 0 Å². The summed E-state index contributed by atoms with van der Waals surface area (Å²) in [6.07, 6.45) is 5.08. The molecule has 0 aromatic heterocycles. The van der Waals surface area contributed by atoms with Gasteiger partial charge in [-0.25, -0.2) is 13.1 Å². The molecule has 0 radical (unpaired) electrons. The van der Waals surface area contributed by atoms with Crippen LogP contribution in [0, 0.1) is 0 Å². The van der Waals surface area contributed by atoms with E-state index in [1.54, 1.807) is 7.11 Å². The van der Waals surface area contributed by atoms with Crippen LogP contribution in [-0.2, 0) is 19.5 Å². The number of hydrogen-bond acceptors (Lipinski definition) is 5. The van der Waals surface area contributed by atoms with Gasteiger partial charge in [0.1, 0.15) is 0 Å². The molecule has 1 saturated heterocycles. The molecule has 0 amide bonds. The highest BCUT2D eigenvalue weighted by Gasteiger charge is 2.21. The molecular weight excluding hydrogens is 344 g/mol. The van der Waals surface area contributed by atoms with E-state index < -0.39 is 10.0 Å². The topological polar surface area (TPSA) is 92.3 Å².